The van der Waals surface area contributed by atoms with E-state index in [2.05, 4.69) is 58.1 Å². The van der Waals surface area contributed by atoms with Crippen molar-refractivity contribution < 1.29 is 9.47 Å². The van der Waals surface area contributed by atoms with Crippen LogP contribution < -0.4 is 14.8 Å². The van der Waals surface area contributed by atoms with E-state index in [-0.39, 0.29) is 6.04 Å². The Balaban J connectivity index is 1.81. The summed E-state index contributed by atoms with van der Waals surface area (Å²) in [6, 6.07) is 14.0. The van der Waals surface area contributed by atoms with Crippen LogP contribution in [0.2, 0.25) is 0 Å². The maximum atomic E-state index is 5.55. The monoisotopic (exact) mass is 349 g/mol. The van der Waals surface area contributed by atoms with Crippen molar-refractivity contribution in [2.75, 3.05) is 19.5 Å². The van der Waals surface area contributed by atoms with Crippen molar-refractivity contribution in [3.8, 4) is 11.5 Å². The zero-order valence-corrected chi connectivity index (χ0v) is 14.8. The van der Waals surface area contributed by atoms with Gasteiger partial charge in [0.25, 0.3) is 0 Å². The van der Waals surface area contributed by atoms with Crippen LogP contribution in [0, 0.1) is 6.92 Å². The first-order valence-corrected chi connectivity index (χ1v) is 8.25. The molecule has 7 nitrogen and oxygen atoms in total. The Hall–Kier alpha value is -3.35. The lowest BCUT2D eigenvalue weighted by molar-refractivity contribution is 0.393. The molecule has 132 valence electrons. The Morgan fingerprint density at radius 2 is 1.85 bits per heavy atom. The summed E-state index contributed by atoms with van der Waals surface area (Å²) in [6.45, 7) is 2.07. The Morgan fingerprint density at radius 3 is 2.58 bits per heavy atom. The third kappa shape index (κ3) is 2.77. The van der Waals surface area contributed by atoms with Gasteiger partial charge in [0.05, 0.1) is 19.9 Å². The molecule has 0 amide bonds. The number of allylic oxidation sites excluding steroid dienone is 1. The van der Waals surface area contributed by atoms with Gasteiger partial charge in [-0.2, -0.15) is 4.68 Å². The molecule has 0 saturated carbocycles. The topological polar surface area (TPSA) is 74.1 Å². The fourth-order valence-corrected chi connectivity index (χ4v) is 3.03. The summed E-state index contributed by atoms with van der Waals surface area (Å²) in [5, 5.41) is 15.3. The van der Waals surface area contributed by atoms with E-state index in [1.54, 1.807) is 18.9 Å². The van der Waals surface area contributed by atoms with Gasteiger partial charge in [-0.1, -0.05) is 34.9 Å². The molecule has 1 N–H and O–H groups in total. The molecule has 1 aliphatic heterocycles. The van der Waals surface area contributed by atoms with E-state index in [1.807, 2.05) is 18.2 Å². The largest absolute Gasteiger partial charge is 0.497 e. The second-order valence-electron chi connectivity index (χ2n) is 6.07. The predicted molar refractivity (Wildman–Crippen MR) is 98.3 cm³/mol. The van der Waals surface area contributed by atoms with Crippen LogP contribution >= 0.6 is 0 Å². The van der Waals surface area contributed by atoms with Gasteiger partial charge in [-0.15, -0.1) is 0 Å². The lowest BCUT2D eigenvalue weighted by atomic mass is 10.0. The zero-order chi connectivity index (χ0) is 18.1. The molecule has 7 heteroatoms. The van der Waals surface area contributed by atoms with E-state index in [9.17, 15) is 0 Å². The van der Waals surface area contributed by atoms with Crippen LogP contribution in [-0.2, 0) is 0 Å². The molecule has 1 aliphatic rings. The molecule has 26 heavy (non-hydrogen) atoms. The molecular formula is C19H19N5O2. The number of tetrazole rings is 1. The third-order valence-corrected chi connectivity index (χ3v) is 4.45. The molecule has 0 saturated heterocycles. The summed E-state index contributed by atoms with van der Waals surface area (Å²) in [5.41, 5.74) is 4.12. The summed E-state index contributed by atoms with van der Waals surface area (Å²) in [5.74, 6) is 2.04. The Morgan fingerprint density at radius 1 is 1.04 bits per heavy atom. The molecule has 0 aliphatic carbocycles. The smallest absolute Gasteiger partial charge is 0.248 e. The molecule has 1 atom stereocenters. The fourth-order valence-electron chi connectivity index (χ4n) is 3.03. The van der Waals surface area contributed by atoms with Crippen molar-refractivity contribution in [3.05, 3.63) is 65.2 Å². The van der Waals surface area contributed by atoms with Gasteiger partial charge >= 0.3 is 0 Å². The number of aromatic nitrogens is 4. The van der Waals surface area contributed by atoms with Crippen molar-refractivity contribution >= 4 is 11.6 Å². The maximum absolute atomic E-state index is 5.55. The molecule has 4 rings (SSSR count). The van der Waals surface area contributed by atoms with Gasteiger partial charge in [0.1, 0.15) is 17.5 Å². The molecule has 0 unspecified atom stereocenters. The molecule has 0 fully saturated rings. The average molecular weight is 349 g/mol. The number of fused-ring (bicyclic) bond motifs is 1. The SMILES string of the molecule is COc1ccc(C2=C[C@@H](c3ccc(C)cc3)n3nnnc3N2)c(OC)c1. The van der Waals surface area contributed by atoms with E-state index >= 15 is 0 Å². The van der Waals surface area contributed by atoms with E-state index in [4.69, 9.17) is 9.47 Å². The normalized spacial score (nSPS) is 15.7. The fraction of sp³-hybridized carbons (Fsp3) is 0.211. The standard InChI is InChI=1S/C19H19N5O2/c1-12-4-6-13(7-5-12)17-11-16(20-19-21-22-23-24(17)19)15-9-8-14(25-2)10-18(15)26-3/h4-11,17H,1-3H3,(H,20,21,23)/t17-/m0/s1. The van der Waals surface area contributed by atoms with Gasteiger partial charge in [0, 0.05) is 11.6 Å². The predicted octanol–water partition coefficient (Wildman–Crippen LogP) is 3.05. The van der Waals surface area contributed by atoms with E-state index in [1.165, 1.54) is 5.56 Å². The first-order chi connectivity index (χ1) is 12.7. The number of ether oxygens (including phenoxy) is 2. The lowest BCUT2D eigenvalue weighted by Gasteiger charge is -2.24. The van der Waals surface area contributed by atoms with Crippen molar-refractivity contribution in [1.29, 1.82) is 0 Å². The van der Waals surface area contributed by atoms with Crippen molar-refractivity contribution in [2.45, 2.75) is 13.0 Å². The Labute approximate surface area is 151 Å². The minimum absolute atomic E-state index is 0.108. The van der Waals surface area contributed by atoms with Crippen molar-refractivity contribution in [3.63, 3.8) is 0 Å². The number of nitrogens with one attached hydrogen (secondary N) is 1. The number of methoxy groups -OCH3 is 2. The highest BCUT2D eigenvalue weighted by Crippen LogP contribution is 2.36. The summed E-state index contributed by atoms with van der Waals surface area (Å²) >= 11 is 0. The minimum atomic E-state index is -0.108. The Bertz CT molecular complexity index is 962. The summed E-state index contributed by atoms with van der Waals surface area (Å²) in [4.78, 5) is 0. The maximum Gasteiger partial charge on any atom is 0.248 e. The molecule has 0 bridgehead atoms. The number of rotatable bonds is 4. The van der Waals surface area contributed by atoms with Crippen LogP contribution in [0.4, 0.5) is 5.95 Å². The quantitative estimate of drug-likeness (QED) is 0.780. The van der Waals surface area contributed by atoms with Crippen molar-refractivity contribution in [2.24, 2.45) is 0 Å². The van der Waals surface area contributed by atoms with Gasteiger partial charge in [-0.3, -0.25) is 0 Å². The average Bonchev–Trinajstić information content (AvgIpc) is 3.16. The van der Waals surface area contributed by atoms with Crippen LogP contribution in [0.15, 0.2) is 48.5 Å². The van der Waals surface area contributed by atoms with Gasteiger partial charge < -0.3 is 14.8 Å². The van der Waals surface area contributed by atoms with Crippen LogP contribution in [0.1, 0.15) is 22.7 Å². The second kappa shape index (κ2) is 6.51. The molecule has 3 aromatic rings. The number of hydrogen-bond acceptors (Lipinski definition) is 6. The Kier molecular flexibility index (Phi) is 4.04. The minimum Gasteiger partial charge on any atom is -0.497 e. The lowest BCUT2D eigenvalue weighted by Crippen LogP contribution is -2.20. The molecule has 0 radical (unpaired) electrons. The number of anilines is 1. The molecule has 2 heterocycles. The highest BCUT2D eigenvalue weighted by Gasteiger charge is 2.25. The molecular weight excluding hydrogens is 330 g/mol. The number of aryl methyl sites for hydroxylation is 1. The highest BCUT2D eigenvalue weighted by molar-refractivity contribution is 5.80. The van der Waals surface area contributed by atoms with Crippen LogP contribution in [0.3, 0.4) is 0 Å². The van der Waals surface area contributed by atoms with Crippen LogP contribution in [0.5, 0.6) is 11.5 Å². The zero-order valence-electron chi connectivity index (χ0n) is 14.8. The first-order valence-electron chi connectivity index (χ1n) is 8.25. The van der Waals surface area contributed by atoms with Crippen LogP contribution in [-0.4, -0.2) is 34.4 Å². The van der Waals surface area contributed by atoms with Gasteiger partial charge in [-0.25, -0.2) is 0 Å². The molecule has 1 aromatic heterocycles. The highest BCUT2D eigenvalue weighted by atomic mass is 16.5. The number of hydrogen-bond donors (Lipinski definition) is 1. The van der Waals surface area contributed by atoms with Crippen LogP contribution in [0.25, 0.3) is 5.70 Å². The first kappa shape index (κ1) is 16.1. The molecule has 0 spiro atoms. The summed E-state index contributed by atoms with van der Waals surface area (Å²) < 4.78 is 12.6. The van der Waals surface area contributed by atoms with Crippen molar-refractivity contribution in [1.82, 2.24) is 20.2 Å². The number of nitrogens with zero attached hydrogens (tertiary/aromatic N) is 4. The summed E-state index contributed by atoms with van der Waals surface area (Å²) in [7, 11) is 3.28. The summed E-state index contributed by atoms with van der Waals surface area (Å²) in [6.07, 6.45) is 2.10. The van der Waals surface area contributed by atoms with E-state index in [0.29, 0.717) is 11.7 Å². The van der Waals surface area contributed by atoms with E-state index in [0.717, 1.165) is 22.6 Å². The number of benzene rings is 2. The van der Waals surface area contributed by atoms with Gasteiger partial charge in [-0.05, 0) is 41.1 Å². The third-order valence-electron chi connectivity index (χ3n) is 4.45. The molecule has 2 aromatic carbocycles. The van der Waals surface area contributed by atoms with Gasteiger partial charge in [0.15, 0.2) is 0 Å². The second-order valence-corrected chi connectivity index (χ2v) is 6.07. The van der Waals surface area contributed by atoms with Gasteiger partial charge in [0.2, 0.25) is 5.95 Å². The van der Waals surface area contributed by atoms with E-state index < -0.39 is 0 Å².